The van der Waals surface area contributed by atoms with Crippen molar-refractivity contribution < 1.29 is 33.7 Å². The van der Waals surface area contributed by atoms with Gasteiger partial charge in [0.05, 0.1) is 0 Å². The van der Waals surface area contributed by atoms with Gasteiger partial charge in [-0.05, 0) is 0 Å². The van der Waals surface area contributed by atoms with E-state index in [4.69, 9.17) is 5.32 Å². The van der Waals surface area contributed by atoms with E-state index in [0.29, 0.717) is 0 Å². The normalized spacial score (nSPS) is 12.8. The molecule has 0 fully saturated rings. The molecule has 6 heteroatoms. The van der Waals surface area contributed by atoms with Gasteiger partial charge in [-0.15, -0.1) is 0 Å². The molecule has 0 unspecified atom stereocenters. The molecule has 0 aromatic heterocycles. The van der Waals surface area contributed by atoms with Gasteiger partial charge in [0.1, 0.15) is 0 Å². The Labute approximate surface area is 174 Å². The van der Waals surface area contributed by atoms with Crippen LogP contribution in [0.25, 0.3) is 0 Å². The summed E-state index contributed by atoms with van der Waals surface area (Å²) >= 11 is -5.33. The Morgan fingerprint density at radius 2 is 0.964 bits per heavy atom. The zero-order chi connectivity index (χ0) is 20.3. The molecule has 146 valence electrons. The van der Waals surface area contributed by atoms with Crippen LogP contribution in [0.2, 0.25) is 0 Å². The fraction of sp³-hybridized carbons (Fsp3) is 0.182. The van der Waals surface area contributed by atoms with E-state index in [9.17, 15) is 6.37 Å². The van der Waals surface area contributed by atoms with Crippen LogP contribution in [0.5, 0.6) is 0 Å². The number of rotatable bonds is 6. The van der Waals surface area contributed by atoms with Gasteiger partial charge in [0.25, 0.3) is 0 Å². The molecule has 0 aliphatic carbocycles. The molecule has 0 heterocycles. The van der Waals surface area contributed by atoms with Crippen LogP contribution in [0.1, 0.15) is 20.8 Å². The van der Waals surface area contributed by atoms with Crippen molar-refractivity contribution in [1.82, 2.24) is 0 Å². The molecular formula is C22H26O4SiZr. The molecule has 3 aromatic carbocycles. The second kappa shape index (κ2) is 8.54. The first kappa shape index (κ1) is 21.3. The van der Waals surface area contributed by atoms with Gasteiger partial charge < -0.3 is 0 Å². The molecule has 0 radical (unpaired) electrons. The van der Waals surface area contributed by atoms with Gasteiger partial charge in [-0.25, -0.2) is 0 Å². The Bertz CT molecular complexity index is 784. The summed E-state index contributed by atoms with van der Waals surface area (Å²) in [6.07, 6.45) is 0. The van der Waals surface area contributed by atoms with E-state index in [1.165, 1.54) is 0 Å². The van der Waals surface area contributed by atoms with E-state index < -0.39 is 35.9 Å². The summed E-state index contributed by atoms with van der Waals surface area (Å²) in [4.78, 5) is 0. The molecule has 0 spiro atoms. The van der Waals surface area contributed by atoms with Crippen LogP contribution in [0.15, 0.2) is 91.0 Å². The minimum atomic E-state index is -5.33. The molecule has 0 amide bonds. The van der Waals surface area contributed by atoms with Crippen LogP contribution in [-0.2, 0) is 27.3 Å². The van der Waals surface area contributed by atoms with Gasteiger partial charge in [0.15, 0.2) is 0 Å². The number of hydrogen-bond acceptors (Lipinski definition) is 4. The first-order chi connectivity index (χ1) is 13.2. The van der Waals surface area contributed by atoms with Crippen molar-refractivity contribution in [2.75, 3.05) is 0 Å². The van der Waals surface area contributed by atoms with Crippen molar-refractivity contribution in [3.05, 3.63) is 91.0 Å². The molecule has 4 nitrogen and oxygen atoms in total. The van der Waals surface area contributed by atoms with E-state index in [1.54, 1.807) is 20.8 Å². The standard InChI is InChI=1S/C18H15OSi.C4H9O.2H2O.Zr/c19-20(16-10-4-1-5-11-16,17-12-6-2-7-13-17)18-14-8-3-9-15-18;1-4(2,3)5;;;/h1-15H;1-3H3;2*1H2;/q2*-1;;;+4/p-2. The van der Waals surface area contributed by atoms with Crippen LogP contribution >= 0.6 is 0 Å². The second-order valence-electron chi connectivity index (χ2n) is 7.64. The van der Waals surface area contributed by atoms with Gasteiger partial charge in [0.2, 0.25) is 0 Å². The minimum absolute atomic E-state index is 0.718. The van der Waals surface area contributed by atoms with Gasteiger partial charge in [-0.1, -0.05) is 0 Å². The third-order valence-corrected chi connectivity index (χ3v) is 14.7. The summed E-state index contributed by atoms with van der Waals surface area (Å²) in [6.45, 7) is 5.39. The van der Waals surface area contributed by atoms with Crippen molar-refractivity contribution >= 4 is 23.9 Å². The summed E-state index contributed by atoms with van der Waals surface area (Å²) in [6, 6.07) is 29.5. The molecule has 0 bridgehead atoms. The molecular weight excluding hydrogens is 448 g/mol. The number of benzene rings is 3. The van der Waals surface area contributed by atoms with E-state index in [0.717, 1.165) is 15.6 Å². The Hall–Kier alpha value is -1.40. The van der Waals surface area contributed by atoms with Gasteiger partial charge in [-0.3, -0.25) is 0 Å². The topological polar surface area (TPSA) is 58.9 Å². The summed E-state index contributed by atoms with van der Waals surface area (Å²) in [5.41, 5.74) is -0.718. The molecule has 0 aliphatic heterocycles. The van der Waals surface area contributed by atoms with Crippen molar-refractivity contribution in [3.63, 3.8) is 0 Å². The van der Waals surface area contributed by atoms with Crippen LogP contribution in [0.3, 0.4) is 0 Å². The second-order valence-corrected chi connectivity index (χ2v) is 15.6. The maximum absolute atomic E-state index is 10.9. The van der Waals surface area contributed by atoms with Gasteiger partial charge >= 0.3 is 175 Å². The van der Waals surface area contributed by atoms with E-state index in [-0.39, 0.29) is 0 Å². The van der Waals surface area contributed by atoms with E-state index in [1.807, 2.05) is 91.0 Å². The van der Waals surface area contributed by atoms with Crippen molar-refractivity contribution in [1.29, 1.82) is 0 Å². The van der Waals surface area contributed by atoms with Crippen molar-refractivity contribution in [2.45, 2.75) is 26.4 Å². The first-order valence-corrected chi connectivity index (χ1v) is 15.4. The molecule has 0 atom stereocenters. The summed E-state index contributed by atoms with van der Waals surface area (Å²) in [7, 11) is -3.19. The summed E-state index contributed by atoms with van der Waals surface area (Å²) in [5, 5.41) is 2.82. The molecule has 0 aliphatic rings. The first-order valence-electron chi connectivity index (χ1n) is 9.25. The maximum atomic E-state index is 10.9. The van der Waals surface area contributed by atoms with Crippen molar-refractivity contribution in [2.24, 2.45) is 0 Å². The molecule has 3 aromatic rings. The number of hydrogen-bond donors (Lipinski definition) is 2. The Morgan fingerprint density at radius 3 is 1.25 bits per heavy atom. The summed E-state index contributed by atoms with van der Waals surface area (Å²) < 4.78 is 33.9. The summed E-state index contributed by atoms with van der Waals surface area (Å²) in [5.74, 6) is 0. The van der Waals surface area contributed by atoms with Gasteiger partial charge in [-0.2, -0.15) is 0 Å². The van der Waals surface area contributed by atoms with Crippen LogP contribution in [-0.4, -0.2) is 20.3 Å². The fourth-order valence-electron chi connectivity index (χ4n) is 3.31. The molecule has 0 saturated heterocycles. The predicted octanol–water partition coefficient (Wildman–Crippen LogP) is 2.28. The zero-order valence-electron chi connectivity index (χ0n) is 16.4. The van der Waals surface area contributed by atoms with Crippen LogP contribution in [0.4, 0.5) is 0 Å². The van der Waals surface area contributed by atoms with E-state index >= 15 is 0 Å². The molecule has 2 N–H and O–H groups in total. The van der Waals surface area contributed by atoms with Crippen molar-refractivity contribution in [3.8, 4) is 0 Å². The zero-order valence-corrected chi connectivity index (χ0v) is 19.8. The van der Waals surface area contributed by atoms with Crippen LogP contribution in [0, 0.1) is 0 Å². The van der Waals surface area contributed by atoms with Crippen LogP contribution < -0.4 is 15.6 Å². The van der Waals surface area contributed by atoms with E-state index in [2.05, 4.69) is 0 Å². The monoisotopic (exact) mass is 472 g/mol. The third kappa shape index (κ3) is 4.95. The average Bonchev–Trinajstić information content (AvgIpc) is 2.66. The fourth-order valence-corrected chi connectivity index (χ4v) is 14.9. The van der Waals surface area contributed by atoms with Gasteiger partial charge in [0, 0.05) is 0 Å². The Morgan fingerprint density at radius 1 is 0.643 bits per heavy atom. The molecule has 28 heavy (non-hydrogen) atoms. The Balaban J connectivity index is 2.25. The average molecular weight is 474 g/mol. The SMILES string of the molecule is CC(C)(C)[O][Zr]([OH])([OH])[O][Si](c1ccccc1)(c1ccccc1)c1ccccc1. The quantitative estimate of drug-likeness (QED) is 0.426. The molecule has 0 saturated carbocycles. The Kier molecular flexibility index (Phi) is 6.50. The third-order valence-electron chi connectivity index (χ3n) is 4.27. The predicted molar refractivity (Wildman–Crippen MR) is 110 cm³/mol. The molecule has 3 rings (SSSR count).